The monoisotopic (exact) mass is 337 g/mol. The third-order valence-electron chi connectivity index (χ3n) is 3.47. The van der Waals surface area contributed by atoms with Gasteiger partial charge in [-0.2, -0.15) is 0 Å². The van der Waals surface area contributed by atoms with Gasteiger partial charge in [0, 0.05) is 0 Å². The van der Waals surface area contributed by atoms with Gasteiger partial charge in [-0.15, -0.1) is 0 Å². The lowest BCUT2D eigenvalue weighted by atomic mass is 10.1. The molecule has 122 valence electrons. The van der Waals surface area contributed by atoms with Gasteiger partial charge in [-0.3, -0.25) is 4.72 Å². The highest BCUT2D eigenvalue weighted by Gasteiger charge is 2.21. The van der Waals surface area contributed by atoms with Gasteiger partial charge in [0.1, 0.15) is 5.82 Å². The van der Waals surface area contributed by atoms with Crippen LogP contribution in [-0.2, 0) is 10.0 Å². The van der Waals surface area contributed by atoms with Crippen molar-refractivity contribution in [2.24, 2.45) is 0 Å². The predicted octanol–water partition coefficient (Wildman–Crippen LogP) is 3.25. The van der Waals surface area contributed by atoms with E-state index in [9.17, 15) is 17.6 Å². The van der Waals surface area contributed by atoms with Crippen molar-refractivity contribution in [2.45, 2.75) is 25.7 Å². The standard InChI is InChI=1S/C16H16FNO4S/c1-9-6-11(3)15(8-13(9)16(19)20)23(21,22)18-14-5-4-12(17)7-10(14)2/h4-8,18H,1-3H3,(H,19,20). The molecule has 0 saturated carbocycles. The summed E-state index contributed by atoms with van der Waals surface area (Å²) in [5, 5.41) is 9.15. The summed E-state index contributed by atoms with van der Waals surface area (Å²) >= 11 is 0. The normalized spacial score (nSPS) is 11.3. The van der Waals surface area contributed by atoms with E-state index in [1.165, 1.54) is 18.2 Å². The molecule has 0 atom stereocenters. The summed E-state index contributed by atoms with van der Waals surface area (Å²) in [5.74, 6) is -1.66. The summed E-state index contributed by atoms with van der Waals surface area (Å²) in [5.41, 5.74) is 1.50. The summed E-state index contributed by atoms with van der Waals surface area (Å²) in [6.07, 6.45) is 0. The third-order valence-corrected chi connectivity index (χ3v) is 4.98. The van der Waals surface area contributed by atoms with Crippen LogP contribution in [0.3, 0.4) is 0 Å². The van der Waals surface area contributed by atoms with Crippen LogP contribution in [0.1, 0.15) is 27.0 Å². The van der Waals surface area contributed by atoms with Crippen LogP contribution in [0.5, 0.6) is 0 Å². The second-order valence-electron chi connectivity index (χ2n) is 5.30. The number of aromatic carboxylic acids is 1. The van der Waals surface area contributed by atoms with Crippen molar-refractivity contribution in [1.82, 2.24) is 0 Å². The van der Waals surface area contributed by atoms with E-state index in [-0.39, 0.29) is 16.1 Å². The molecule has 0 aliphatic rings. The number of hydrogen-bond donors (Lipinski definition) is 2. The van der Waals surface area contributed by atoms with Gasteiger partial charge >= 0.3 is 5.97 Å². The van der Waals surface area contributed by atoms with Gasteiger partial charge in [0.25, 0.3) is 10.0 Å². The van der Waals surface area contributed by atoms with Crippen molar-refractivity contribution < 1.29 is 22.7 Å². The maximum Gasteiger partial charge on any atom is 0.335 e. The number of benzene rings is 2. The van der Waals surface area contributed by atoms with Crippen LogP contribution in [0.15, 0.2) is 35.2 Å². The number of anilines is 1. The molecule has 0 unspecified atom stereocenters. The molecule has 23 heavy (non-hydrogen) atoms. The molecule has 0 radical (unpaired) electrons. The fourth-order valence-corrected chi connectivity index (χ4v) is 3.68. The zero-order chi connectivity index (χ0) is 17.4. The van der Waals surface area contributed by atoms with E-state index in [4.69, 9.17) is 5.11 Å². The molecule has 2 aromatic carbocycles. The van der Waals surface area contributed by atoms with Crippen LogP contribution in [-0.4, -0.2) is 19.5 Å². The first-order valence-electron chi connectivity index (χ1n) is 6.75. The highest BCUT2D eigenvalue weighted by Crippen LogP contribution is 2.25. The van der Waals surface area contributed by atoms with Crippen molar-refractivity contribution >= 4 is 21.7 Å². The Morgan fingerprint density at radius 1 is 1.04 bits per heavy atom. The predicted molar refractivity (Wildman–Crippen MR) is 84.8 cm³/mol. The lowest BCUT2D eigenvalue weighted by Crippen LogP contribution is -2.16. The first-order valence-corrected chi connectivity index (χ1v) is 8.23. The molecule has 2 N–H and O–H groups in total. The smallest absolute Gasteiger partial charge is 0.335 e. The fourth-order valence-electron chi connectivity index (χ4n) is 2.29. The number of sulfonamides is 1. The lowest BCUT2D eigenvalue weighted by molar-refractivity contribution is 0.0696. The SMILES string of the molecule is Cc1cc(F)ccc1NS(=O)(=O)c1cc(C(=O)O)c(C)cc1C. The van der Waals surface area contributed by atoms with Crippen LogP contribution in [0.2, 0.25) is 0 Å². The number of rotatable bonds is 4. The molecular formula is C16H16FNO4S. The second kappa shape index (κ2) is 6.00. The molecule has 0 saturated heterocycles. The van der Waals surface area contributed by atoms with Crippen molar-refractivity contribution in [3.8, 4) is 0 Å². The van der Waals surface area contributed by atoms with Crippen molar-refractivity contribution in [3.05, 3.63) is 58.4 Å². The van der Waals surface area contributed by atoms with Crippen molar-refractivity contribution in [1.29, 1.82) is 0 Å². The molecule has 2 aromatic rings. The Labute approximate surface area is 133 Å². The van der Waals surface area contributed by atoms with Crippen molar-refractivity contribution in [2.75, 3.05) is 4.72 Å². The molecule has 0 aliphatic heterocycles. The summed E-state index contributed by atoms with van der Waals surface area (Å²) in [7, 11) is -3.99. The van der Waals surface area contributed by atoms with E-state index in [0.717, 1.165) is 12.1 Å². The van der Waals surface area contributed by atoms with E-state index >= 15 is 0 Å². The van der Waals surface area contributed by atoms with Gasteiger partial charge in [-0.25, -0.2) is 17.6 Å². The maximum atomic E-state index is 13.1. The number of halogens is 1. The van der Waals surface area contributed by atoms with E-state index in [0.29, 0.717) is 16.7 Å². The minimum atomic E-state index is -3.99. The Balaban J connectivity index is 2.51. The Hall–Kier alpha value is -2.41. The van der Waals surface area contributed by atoms with Gasteiger partial charge in [-0.05, 0) is 61.7 Å². The van der Waals surface area contributed by atoms with Crippen LogP contribution < -0.4 is 4.72 Å². The van der Waals surface area contributed by atoms with E-state index in [2.05, 4.69) is 4.72 Å². The minimum Gasteiger partial charge on any atom is -0.478 e. The summed E-state index contributed by atoms with van der Waals surface area (Å²) in [4.78, 5) is 11.1. The molecule has 0 fully saturated rings. The molecule has 7 heteroatoms. The molecule has 0 bridgehead atoms. The minimum absolute atomic E-state index is 0.0770. The highest BCUT2D eigenvalue weighted by atomic mass is 32.2. The number of hydrogen-bond acceptors (Lipinski definition) is 3. The fraction of sp³-hybridized carbons (Fsp3) is 0.188. The molecule has 0 amide bonds. The van der Waals surface area contributed by atoms with Gasteiger partial charge in [0.2, 0.25) is 0 Å². The highest BCUT2D eigenvalue weighted by molar-refractivity contribution is 7.92. The van der Waals surface area contributed by atoms with Crippen LogP contribution in [0.4, 0.5) is 10.1 Å². The molecule has 2 rings (SSSR count). The number of carboxylic acids is 1. The van der Waals surface area contributed by atoms with Crippen LogP contribution in [0.25, 0.3) is 0 Å². The summed E-state index contributed by atoms with van der Waals surface area (Å²) in [6.45, 7) is 4.76. The average molecular weight is 337 g/mol. The number of carboxylic acid groups (broad SMARTS) is 1. The zero-order valence-electron chi connectivity index (χ0n) is 12.8. The summed E-state index contributed by atoms with van der Waals surface area (Å²) in [6, 6.07) is 6.33. The number of carbonyl (C=O) groups is 1. The van der Waals surface area contributed by atoms with Gasteiger partial charge in [0.15, 0.2) is 0 Å². The zero-order valence-corrected chi connectivity index (χ0v) is 13.7. The molecule has 0 aromatic heterocycles. The van der Waals surface area contributed by atoms with E-state index in [1.54, 1.807) is 20.8 Å². The Kier molecular flexibility index (Phi) is 4.42. The molecule has 5 nitrogen and oxygen atoms in total. The Morgan fingerprint density at radius 2 is 1.70 bits per heavy atom. The van der Waals surface area contributed by atoms with Gasteiger partial charge < -0.3 is 5.11 Å². The van der Waals surface area contributed by atoms with E-state index in [1.807, 2.05) is 0 Å². The largest absolute Gasteiger partial charge is 0.478 e. The topological polar surface area (TPSA) is 83.5 Å². The Morgan fingerprint density at radius 3 is 2.26 bits per heavy atom. The van der Waals surface area contributed by atoms with Crippen LogP contribution >= 0.6 is 0 Å². The number of nitrogens with one attached hydrogen (secondary N) is 1. The molecule has 0 heterocycles. The van der Waals surface area contributed by atoms with Gasteiger partial charge in [-0.1, -0.05) is 6.07 Å². The maximum absolute atomic E-state index is 13.1. The molecule has 0 spiro atoms. The summed E-state index contributed by atoms with van der Waals surface area (Å²) < 4.78 is 40.6. The van der Waals surface area contributed by atoms with Crippen molar-refractivity contribution in [3.63, 3.8) is 0 Å². The number of aryl methyl sites for hydroxylation is 3. The quantitative estimate of drug-likeness (QED) is 0.897. The first-order chi connectivity index (χ1) is 10.6. The molecular weight excluding hydrogens is 321 g/mol. The van der Waals surface area contributed by atoms with Gasteiger partial charge in [0.05, 0.1) is 16.1 Å². The lowest BCUT2D eigenvalue weighted by Gasteiger charge is -2.14. The third kappa shape index (κ3) is 3.50. The second-order valence-corrected chi connectivity index (χ2v) is 6.95. The Bertz CT molecular complexity index is 891. The van der Waals surface area contributed by atoms with E-state index < -0.39 is 21.8 Å². The first kappa shape index (κ1) is 17.0. The van der Waals surface area contributed by atoms with Crippen LogP contribution in [0, 0.1) is 26.6 Å². The average Bonchev–Trinajstić information content (AvgIpc) is 2.41. The molecule has 0 aliphatic carbocycles.